The zero-order valence-electron chi connectivity index (χ0n) is 12.4. The van der Waals surface area contributed by atoms with Crippen LogP contribution in [0.5, 0.6) is 0 Å². The molecule has 0 bridgehead atoms. The van der Waals surface area contributed by atoms with Gasteiger partial charge in [-0.1, -0.05) is 32.2 Å². The average Bonchev–Trinajstić information content (AvgIpc) is 2.20. The Morgan fingerprint density at radius 2 is 2.00 bits per heavy atom. The van der Waals surface area contributed by atoms with E-state index in [1.807, 2.05) is 0 Å². The van der Waals surface area contributed by atoms with Crippen molar-refractivity contribution in [3.05, 3.63) is 12.1 Å². The van der Waals surface area contributed by atoms with Crippen molar-refractivity contribution in [1.29, 1.82) is 0 Å². The molecule has 0 aliphatic carbocycles. The van der Waals surface area contributed by atoms with Crippen LogP contribution in [0.3, 0.4) is 0 Å². The standard InChI is InChI=1S/C13H24O2/c1-5-6-7-8-9-10-11-12(14)15-13(2,3)4/h10-11H,5-9H2,1-4H3/b11-10-/i10D,11D. The largest absolute Gasteiger partial charge is 0.457 e. The van der Waals surface area contributed by atoms with Crippen LogP contribution in [0.15, 0.2) is 12.1 Å². The molecule has 0 aromatic carbocycles. The van der Waals surface area contributed by atoms with E-state index in [0.717, 1.165) is 25.7 Å². The lowest BCUT2D eigenvalue weighted by Gasteiger charge is -2.17. The summed E-state index contributed by atoms with van der Waals surface area (Å²) in [6.45, 7) is 7.38. The Balaban J connectivity index is 4.23. The van der Waals surface area contributed by atoms with Gasteiger partial charge >= 0.3 is 5.97 Å². The van der Waals surface area contributed by atoms with Crippen LogP contribution < -0.4 is 0 Å². The Bertz CT molecular complexity index is 278. The minimum atomic E-state index is -0.696. The van der Waals surface area contributed by atoms with Gasteiger partial charge in [0.25, 0.3) is 0 Å². The fourth-order valence-electron chi connectivity index (χ4n) is 1.08. The van der Waals surface area contributed by atoms with Crippen LogP contribution in [0.4, 0.5) is 0 Å². The molecule has 0 radical (unpaired) electrons. The monoisotopic (exact) mass is 214 g/mol. The molecule has 0 rings (SSSR count). The van der Waals surface area contributed by atoms with Crippen molar-refractivity contribution in [2.24, 2.45) is 0 Å². The minimum absolute atomic E-state index is 0.0790. The summed E-state index contributed by atoms with van der Waals surface area (Å²) in [6.07, 6.45) is 4.65. The van der Waals surface area contributed by atoms with Gasteiger partial charge in [0, 0.05) is 6.05 Å². The first kappa shape index (κ1) is 10.7. The van der Waals surface area contributed by atoms with Crippen LogP contribution >= 0.6 is 0 Å². The van der Waals surface area contributed by atoms with Crippen molar-refractivity contribution in [3.63, 3.8) is 0 Å². The second-order valence-electron chi connectivity index (χ2n) is 4.61. The fourth-order valence-corrected chi connectivity index (χ4v) is 1.08. The molecule has 0 aliphatic heterocycles. The number of hydrogen-bond donors (Lipinski definition) is 0. The first-order chi connectivity index (χ1) is 7.78. The van der Waals surface area contributed by atoms with E-state index in [0.29, 0.717) is 6.42 Å². The summed E-state index contributed by atoms with van der Waals surface area (Å²) in [5.41, 5.74) is -0.605. The highest BCUT2D eigenvalue weighted by Crippen LogP contribution is 2.08. The molecule has 0 heterocycles. The topological polar surface area (TPSA) is 26.3 Å². The van der Waals surface area contributed by atoms with Crippen LogP contribution in [0, 0.1) is 0 Å². The van der Waals surface area contributed by atoms with E-state index >= 15 is 0 Å². The Hall–Kier alpha value is -0.790. The van der Waals surface area contributed by atoms with Gasteiger partial charge in [-0.3, -0.25) is 0 Å². The molecule has 88 valence electrons. The third kappa shape index (κ3) is 11.1. The van der Waals surface area contributed by atoms with Crippen molar-refractivity contribution in [3.8, 4) is 0 Å². The molecule has 0 spiro atoms. The summed E-state index contributed by atoms with van der Waals surface area (Å²) in [5, 5.41) is 0. The van der Waals surface area contributed by atoms with Crippen molar-refractivity contribution in [1.82, 2.24) is 0 Å². The van der Waals surface area contributed by atoms with E-state index in [1.165, 1.54) is 0 Å². The molecular weight excluding hydrogens is 188 g/mol. The third-order valence-electron chi connectivity index (χ3n) is 1.74. The molecule has 0 saturated carbocycles. The summed E-state index contributed by atoms with van der Waals surface area (Å²) < 4.78 is 20.2. The maximum Gasteiger partial charge on any atom is 0.330 e. The van der Waals surface area contributed by atoms with Gasteiger partial charge < -0.3 is 4.74 Å². The second-order valence-corrected chi connectivity index (χ2v) is 4.61. The van der Waals surface area contributed by atoms with E-state index in [2.05, 4.69) is 6.92 Å². The zero-order valence-corrected chi connectivity index (χ0v) is 10.4. The smallest absolute Gasteiger partial charge is 0.330 e. The van der Waals surface area contributed by atoms with Crippen molar-refractivity contribution in [2.75, 3.05) is 0 Å². The van der Waals surface area contributed by atoms with Crippen molar-refractivity contribution < 1.29 is 12.3 Å². The Morgan fingerprint density at radius 1 is 1.33 bits per heavy atom. The fraction of sp³-hybridized carbons (Fsp3) is 0.769. The average molecular weight is 214 g/mol. The first-order valence-corrected chi connectivity index (χ1v) is 5.67. The van der Waals surface area contributed by atoms with Gasteiger partial charge in [-0.2, -0.15) is 0 Å². The number of ether oxygens (including phenoxy) is 1. The van der Waals surface area contributed by atoms with E-state index < -0.39 is 11.6 Å². The van der Waals surface area contributed by atoms with Crippen LogP contribution in [0.25, 0.3) is 0 Å². The number of esters is 1. The number of rotatable bonds is 6. The molecular formula is C13H24O2. The Kier molecular flexibility index (Phi) is 5.36. The third-order valence-corrected chi connectivity index (χ3v) is 1.74. The molecule has 15 heavy (non-hydrogen) atoms. The number of hydrogen-bond acceptors (Lipinski definition) is 2. The molecule has 0 unspecified atom stereocenters. The molecule has 0 aromatic rings. The lowest BCUT2D eigenvalue weighted by atomic mass is 10.1. The molecule has 2 nitrogen and oxygen atoms in total. The lowest BCUT2D eigenvalue weighted by molar-refractivity contribution is -0.148. The Labute approximate surface area is 96.5 Å². The molecule has 0 aliphatic rings. The lowest BCUT2D eigenvalue weighted by Crippen LogP contribution is -2.22. The maximum atomic E-state index is 11.5. The van der Waals surface area contributed by atoms with Crippen LogP contribution in [0.2, 0.25) is 0 Å². The molecule has 0 aromatic heterocycles. The first-order valence-electron chi connectivity index (χ1n) is 6.67. The number of unbranched alkanes of at least 4 members (excludes halogenated alkanes) is 3. The van der Waals surface area contributed by atoms with Gasteiger partial charge in [-0.25, -0.2) is 4.79 Å². The molecule has 0 fully saturated rings. The van der Waals surface area contributed by atoms with Gasteiger partial charge in [0.15, 0.2) is 0 Å². The van der Waals surface area contributed by atoms with E-state index in [1.54, 1.807) is 20.8 Å². The van der Waals surface area contributed by atoms with Crippen LogP contribution in [-0.2, 0) is 9.53 Å². The predicted octanol–water partition coefficient (Wildman–Crippen LogP) is 3.85. The highest BCUT2D eigenvalue weighted by atomic mass is 16.6. The zero-order chi connectivity index (χ0) is 13.5. The summed E-state index contributed by atoms with van der Waals surface area (Å²) in [7, 11) is 0. The second kappa shape index (κ2) is 7.49. The van der Waals surface area contributed by atoms with E-state index in [9.17, 15) is 4.79 Å². The van der Waals surface area contributed by atoms with Gasteiger partial charge in [0.1, 0.15) is 5.60 Å². The van der Waals surface area contributed by atoms with Gasteiger partial charge in [0.2, 0.25) is 0 Å². The molecule has 0 amide bonds. The Morgan fingerprint density at radius 3 is 2.53 bits per heavy atom. The molecule has 0 N–H and O–H groups in total. The predicted molar refractivity (Wildman–Crippen MR) is 63.7 cm³/mol. The SMILES string of the molecule is [2H]/C(CCCCCC)=C(\[2H])C(=O)OC(C)(C)C. The summed E-state index contributed by atoms with van der Waals surface area (Å²) in [6, 6.07) is -0.230. The number of carbonyl (C=O) groups excluding carboxylic acids is 1. The van der Waals surface area contributed by atoms with Gasteiger partial charge in [0.05, 0.1) is 2.74 Å². The van der Waals surface area contributed by atoms with Crippen LogP contribution in [0.1, 0.15) is 62.5 Å². The maximum absolute atomic E-state index is 11.5. The molecule has 0 atom stereocenters. The highest BCUT2D eigenvalue weighted by Gasteiger charge is 2.13. The quantitative estimate of drug-likeness (QED) is 0.381. The van der Waals surface area contributed by atoms with Gasteiger partial charge in [-0.05, 0) is 33.6 Å². The number of allylic oxidation sites excluding steroid dienone is 1. The normalized spacial score (nSPS) is 15.2. The van der Waals surface area contributed by atoms with Crippen molar-refractivity contribution in [2.45, 2.75) is 65.4 Å². The van der Waals surface area contributed by atoms with Crippen LogP contribution in [-0.4, -0.2) is 11.6 Å². The molecule has 2 heteroatoms. The van der Waals surface area contributed by atoms with Crippen molar-refractivity contribution >= 4 is 5.97 Å². The molecule has 0 saturated heterocycles. The van der Waals surface area contributed by atoms with Gasteiger partial charge in [-0.15, -0.1) is 0 Å². The van der Waals surface area contributed by atoms with E-state index in [-0.39, 0.29) is 12.1 Å². The summed E-state index contributed by atoms with van der Waals surface area (Å²) in [4.78, 5) is 11.5. The summed E-state index contributed by atoms with van der Waals surface area (Å²) in [5.74, 6) is -0.696. The number of carbonyl (C=O) groups is 1. The highest BCUT2D eigenvalue weighted by molar-refractivity contribution is 5.82. The van der Waals surface area contributed by atoms with E-state index in [4.69, 9.17) is 7.48 Å². The summed E-state index contributed by atoms with van der Waals surface area (Å²) >= 11 is 0. The minimum Gasteiger partial charge on any atom is -0.457 e.